The SMILES string of the molecule is CCn1nc(C)c(C(C)NC(=O)c2ncc[nH]2)c1C. The number of aryl methyl sites for hydroxylation is 2. The Labute approximate surface area is 112 Å². The molecule has 19 heavy (non-hydrogen) atoms. The van der Waals surface area contributed by atoms with E-state index >= 15 is 0 Å². The molecule has 0 bridgehead atoms. The van der Waals surface area contributed by atoms with Crippen LogP contribution in [0.25, 0.3) is 0 Å². The molecule has 0 aliphatic rings. The molecule has 0 fully saturated rings. The van der Waals surface area contributed by atoms with Gasteiger partial charge in [0.2, 0.25) is 0 Å². The van der Waals surface area contributed by atoms with E-state index < -0.39 is 0 Å². The monoisotopic (exact) mass is 261 g/mol. The number of aromatic amines is 1. The van der Waals surface area contributed by atoms with Gasteiger partial charge in [-0.05, 0) is 27.7 Å². The molecule has 102 valence electrons. The molecule has 1 unspecified atom stereocenters. The maximum Gasteiger partial charge on any atom is 0.287 e. The minimum Gasteiger partial charge on any atom is -0.343 e. The van der Waals surface area contributed by atoms with Gasteiger partial charge in [0.25, 0.3) is 5.91 Å². The van der Waals surface area contributed by atoms with Gasteiger partial charge in [0.05, 0.1) is 11.7 Å². The minimum absolute atomic E-state index is 0.0992. The van der Waals surface area contributed by atoms with Crippen molar-refractivity contribution in [1.29, 1.82) is 0 Å². The normalized spacial score (nSPS) is 12.4. The molecule has 6 nitrogen and oxygen atoms in total. The highest BCUT2D eigenvalue weighted by molar-refractivity contribution is 5.90. The topological polar surface area (TPSA) is 75.6 Å². The van der Waals surface area contributed by atoms with Crippen molar-refractivity contribution in [1.82, 2.24) is 25.1 Å². The Hall–Kier alpha value is -2.11. The lowest BCUT2D eigenvalue weighted by atomic mass is 10.1. The second-order valence-corrected chi connectivity index (χ2v) is 4.53. The van der Waals surface area contributed by atoms with E-state index in [1.165, 1.54) is 0 Å². The zero-order valence-electron chi connectivity index (χ0n) is 11.7. The van der Waals surface area contributed by atoms with Crippen molar-refractivity contribution in [3.8, 4) is 0 Å². The molecular formula is C13H19N5O. The molecule has 2 aromatic rings. The molecule has 0 aliphatic heterocycles. The molecule has 2 aromatic heterocycles. The second kappa shape index (κ2) is 5.26. The van der Waals surface area contributed by atoms with Gasteiger partial charge in [-0.15, -0.1) is 0 Å². The van der Waals surface area contributed by atoms with Crippen molar-refractivity contribution in [3.63, 3.8) is 0 Å². The summed E-state index contributed by atoms with van der Waals surface area (Å²) in [5.41, 5.74) is 3.11. The van der Waals surface area contributed by atoms with E-state index in [-0.39, 0.29) is 11.9 Å². The lowest BCUT2D eigenvalue weighted by molar-refractivity contribution is 0.0930. The summed E-state index contributed by atoms with van der Waals surface area (Å²) >= 11 is 0. The standard InChI is InChI=1S/C13H19N5O/c1-5-18-10(4)11(9(3)17-18)8(2)16-13(19)12-14-6-7-15-12/h6-8H,5H2,1-4H3,(H,14,15)(H,16,19). The van der Waals surface area contributed by atoms with Gasteiger partial charge in [0.15, 0.2) is 5.82 Å². The van der Waals surface area contributed by atoms with E-state index in [0.29, 0.717) is 5.82 Å². The number of nitrogens with one attached hydrogen (secondary N) is 2. The van der Waals surface area contributed by atoms with Crippen molar-refractivity contribution in [2.45, 2.75) is 40.3 Å². The number of hydrogen-bond acceptors (Lipinski definition) is 3. The number of H-pyrrole nitrogens is 1. The highest BCUT2D eigenvalue weighted by Crippen LogP contribution is 2.21. The van der Waals surface area contributed by atoms with E-state index in [4.69, 9.17) is 0 Å². The summed E-state index contributed by atoms with van der Waals surface area (Å²) < 4.78 is 1.94. The highest BCUT2D eigenvalue weighted by Gasteiger charge is 2.19. The number of aromatic nitrogens is 4. The summed E-state index contributed by atoms with van der Waals surface area (Å²) in [6.07, 6.45) is 3.19. The van der Waals surface area contributed by atoms with Crippen LogP contribution in [0.15, 0.2) is 12.4 Å². The summed E-state index contributed by atoms with van der Waals surface area (Å²) in [6, 6.07) is -0.0992. The number of hydrogen-bond donors (Lipinski definition) is 2. The third kappa shape index (κ3) is 2.52. The second-order valence-electron chi connectivity index (χ2n) is 4.53. The molecule has 1 atom stereocenters. The molecule has 2 N–H and O–H groups in total. The number of rotatable bonds is 4. The van der Waals surface area contributed by atoms with E-state index in [1.54, 1.807) is 12.4 Å². The van der Waals surface area contributed by atoms with Crippen molar-refractivity contribution in [2.24, 2.45) is 0 Å². The van der Waals surface area contributed by atoms with Crippen LogP contribution in [0.1, 0.15) is 47.5 Å². The lowest BCUT2D eigenvalue weighted by Gasteiger charge is -2.14. The molecule has 0 saturated heterocycles. The van der Waals surface area contributed by atoms with Crippen LogP contribution in [0.5, 0.6) is 0 Å². The summed E-state index contributed by atoms with van der Waals surface area (Å²) in [5.74, 6) is 0.116. The molecule has 2 rings (SSSR count). The molecule has 1 amide bonds. The van der Waals surface area contributed by atoms with Crippen molar-refractivity contribution >= 4 is 5.91 Å². The summed E-state index contributed by atoms with van der Waals surface area (Å²) in [6.45, 7) is 8.82. The third-order valence-electron chi connectivity index (χ3n) is 3.23. The predicted molar refractivity (Wildman–Crippen MR) is 71.8 cm³/mol. The van der Waals surface area contributed by atoms with Crippen molar-refractivity contribution in [3.05, 3.63) is 35.2 Å². The maximum atomic E-state index is 12.0. The maximum absolute atomic E-state index is 12.0. The minimum atomic E-state index is -0.208. The molecule has 0 saturated carbocycles. The van der Waals surface area contributed by atoms with Crippen LogP contribution in [-0.2, 0) is 6.54 Å². The fraction of sp³-hybridized carbons (Fsp3) is 0.462. The van der Waals surface area contributed by atoms with E-state index in [1.807, 2.05) is 25.5 Å². The first-order chi connectivity index (χ1) is 9.04. The third-order valence-corrected chi connectivity index (χ3v) is 3.23. The van der Waals surface area contributed by atoms with Crippen LogP contribution >= 0.6 is 0 Å². The fourth-order valence-corrected chi connectivity index (χ4v) is 2.37. The molecule has 6 heteroatoms. The van der Waals surface area contributed by atoms with E-state index in [2.05, 4.69) is 27.3 Å². The zero-order chi connectivity index (χ0) is 14.0. The number of carbonyl (C=O) groups excluding carboxylic acids is 1. The van der Waals surface area contributed by atoms with Crippen LogP contribution in [-0.4, -0.2) is 25.7 Å². The van der Waals surface area contributed by atoms with Gasteiger partial charge in [-0.3, -0.25) is 9.48 Å². The first kappa shape index (κ1) is 13.3. The largest absolute Gasteiger partial charge is 0.343 e. The smallest absolute Gasteiger partial charge is 0.287 e. The molecule has 2 heterocycles. The Kier molecular flexibility index (Phi) is 3.69. The summed E-state index contributed by atoms with van der Waals surface area (Å²) in [4.78, 5) is 18.7. The van der Waals surface area contributed by atoms with Crippen molar-refractivity contribution in [2.75, 3.05) is 0 Å². The average Bonchev–Trinajstić information content (AvgIpc) is 2.97. The Bertz CT molecular complexity index is 570. The molecule has 0 spiro atoms. The number of amides is 1. The first-order valence-corrected chi connectivity index (χ1v) is 6.38. The summed E-state index contributed by atoms with van der Waals surface area (Å²) in [5, 5.41) is 7.39. The van der Waals surface area contributed by atoms with Gasteiger partial charge in [0, 0.05) is 30.2 Å². The highest BCUT2D eigenvalue weighted by atomic mass is 16.2. The Morgan fingerprint density at radius 3 is 2.79 bits per heavy atom. The van der Waals surface area contributed by atoms with Crippen LogP contribution in [0.4, 0.5) is 0 Å². The van der Waals surface area contributed by atoms with Gasteiger partial charge >= 0.3 is 0 Å². The Morgan fingerprint density at radius 2 is 2.26 bits per heavy atom. The number of nitrogens with zero attached hydrogens (tertiary/aromatic N) is 3. The zero-order valence-corrected chi connectivity index (χ0v) is 11.7. The predicted octanol–water partition coefficient (Wildman–Crippen LogP) is 1.73. The fourth-order valence-electron chi connectivity index (χ4n) is 2.37. The van der Waals surface area contributed by atoms with Gasteiger partial charge in [-0.1, -0.05) is 0 Å². The lowest BCUT2D eigenvalue weighted by Crippen LogP contribution is -2.28. The molecule has 0 radical (unpaired) electrons. The van der Waals surface area contributed by atoms with Gasteiger partial charge in [0.1, 0.15) is 0 Å². The van der Waals surface area contributed by atoms with E-state index in [9.17, 15) is 4.79 Å². The Morgan fingerprint density at radius 1 is 1.53 bits per heavy atom. The van der Waals surface area contributed by atoms with Crippen LogP contribution < -0.4 is 5.32 Å². The van der Waals surface area contributed by atoms with Crippen LogP contribution in [0.2, 0.25) is 0 Å². The van der Waals surface area contributed by atoms with Crippen molar-refractivity contribution < 1.29 is 4.79 Å². The van der Waals surface area contributed by atoms with Gasteiger partial charge in [-0.2, -0.15) is 5.10 Å². The first-order valence-electron chi connectivity index (χ1n) is 6.38. The Balaban J connectivity index is 2.18. The molecule has 0 aromatic carbocycles. The molecular weight excluding hydrogens is 242 g/mol. The van der Waals surface area contributed by atoms with E-state index in [0.717, 1.165) is 23.5 Å². The van der Waals surface area contributed by atoms with Crippen LogP contribution in [0.3, 0.4) is 0 Å². The number of carbonyl (C=O) groups is 1. The van der Waals surface area contributed by atoms with Gasteiger partial charge < -0.3 is 10.3 Å². The number of imidazole rings is 1. The van der Waals surface area contributed by atoms with Crippen LogP contribution in [0, 0.1) is 13.8 Å². The average molecular weight is 261 g/mol. The van der Waals surface area contributed by atoms with Gasteiger partial charge in [-0.25, -0.2) is 4.98 Å². The molecule has 0 aliphatic carbocycles. The quantitative estimate of drug-likeness (QED) is 0.880. The summed E-state index contributed by atoms with van der Waals surface area (Å²) in [7, 11) is 0.